The van der Waals surface area contributed by atoms with Gasteiger partial charge in [-0.1, -0.05) is 19.4 Å². The van der Waals surface area contributed by atoms with Gasteiger partial charge in [0, 0.05) is 24.0 Å². The Labute approximate surface area is 193 Å². The van der Waals surface area contributed by atoms with Gasteiger partial charge in [-0.2, -0.15) is 0 Å². The highest BCUT2D eigenvalue weighted by Crippen LogP contribution is 2.19. The smallest absolute Gasteiger partial charge is 0.265 e. The number of likely N-dealkylation sites (tertiary alicyclic amines) is 1. The van der Waals surface area contributed by atoms with E-state index >= 15 is 0 Å². The molecule has 0 radical (unpaired) electrons. The van der Waals surface area contributed by atoms with Crippen LogP contribution in [0.15, 0.2) is 41.8 Å². The molecule has 2 aromatic rings. The third kappa shape index (κ3) is 7.17. The van der Waals surface area contributed by atoms with Crippen molar-refractivity contribution in [1.29, 1.82) is 0 Å². The van der Waals surface area contributed by atoms with E-state index in [1.807, 2.05) is 23.3 Å². The summed E-state index contributed by atoms with van der Waals surface area (Å²) in [6.45, 7) is 5.82. The Kier molecular flexibility index (Phi) is 8.81. The van der Waals surface area contributed by atoms with E-state index in [1.165, 1.54) is 11.3 Å². The van der Waals surface area contributed by atoms with Gasteiger partial charge in [0.25, 0.3) is 5.91 Å². The maximum atomic E-state index is 12.5. The van der Waals surface area contributed by atoms with Gasteiger partial charge in [0.05, 0.1) is 17.3 Å². The van der Waals surface area contributed by atoms with Crippen molar-refractivity contribution in [3.05, 3.63) is 46.7 Å². The quantitative estimate of drug-likeness (QED) is 0.533. The first-order chi connectivity index (χ1) is 15.4. The average molecular weight is 457 g/mol. The molecule has 2 unspecified atom stereocenters. The molecule has 0 aliphatic carbocycles. The molecule has 8 heteroatoms. The van der Waals surface area contributed by atoms with Crippen LogP contribution in [0.3, 0.4) is 0 Å². The first-order valence-electron chi connectivity index (χ1n) is 11.2. The van der Waals surface area contributed by atoms with Crippen LogP contribution < -0.4 is 16.0 Å². The summed E-state index contributed by atoms with van der Waals surface area (Å²) >= 11 is 1.39. The summed E-state index contributed by atoms with van der Waals surface area (Å²) in [5.41, 5.74) is 1.34. The molecule has 1 aromatic heterocycles. The summed E-state index contributed by atoms with van der Waals surface area (Å²) in [7, 11) is 0. The van der Waals surface area contributed by atoms with Crippen LogP contribution >= 0.6 is 11.3 Å². The summed E-state index contributed by atoms with van der Waals surface area (Å²) in [5.74, 6) is -0.233. The number of anilines is 2. The van der Waals surface area contributed by atoms with Gasteiger partial charge in [-0.15, -0.1) is 11.3 Å². The molecule has 3 rings (SSSR count). The first-order valence-corrected chi connectivity index (χ1v) is 12.1. The molecule has 32 heavy (non-hydrogen) atoms. The molecule has 1 saturated heterocycles. The molecule has 0 spiro atoms. The minimum absolute atomic E-state index is 0.0675. The van der Waals surface area contributed by atoms with E-state index in [9.17, 15) is 14.4 Å². The van der Waals surface area contributed by atoms with Crippen LogP contribution in [0.2, 0.25) is 0 Å². The van der Waals surface area contributed by atoms with Crippen molar-refractivity contribution in [3.63, 3.8) is 0 Å². The van der Waals surface area contributed by atoms with Crippen molar-refractivity contribution in [2.45, 2.75) is 45.6 Å². The summed E-state index contributed by atoms with van der Waals surface area (Å²) < 4.78 is 0. The van der Waals surface area contributed by atoms with Gasteiger partial charge in [0.2, 0.25) is 11.8 Å². The van der Waals surface area contributed by atoms with Gasteiger partial charge in [0.1, 0.15) is 0 Å². The van der Waals surface area contributed by atoms with Crippen molar-refractivity contribution in [2.24, 2.45) is 5.92 Å². The molecule has 172 valence electrons. The second kappa shape index (κ2) is 11.8. The molecule has 0 saturated carbocycles. The maximum absolute atomic E-state index is 12.5. The lowest BCUT2D eigenvalue weighted by molar-refractivity contribution is -0.128. The standard InChI is InChI=1S/C24H32N4O3S/c1-3-6-17(2)25-23(30)18-7-4-13-28(15-18)16-22(29)26-19-9-11-20(12-10-19)27-24(31)21-8-5-14-32-21/h5,8-12,14,17-18H,3-4,6-7,13,15-16H2,1-2H3,(H,25,30)(H,26,29)(H,27,31). The van der Waals surface area contributed by atoms with Crippen LogP contribution in [0.5, 0.6) is 0 Å². The number of nitrogens with zero attached hydrogens (tertiary/aromatic N) is 1. The van der Waals surface area contributed by atoms with Crippen molar-refractivity contribution in [2.75, 3.05) is 30.3 Å². The van der Waals surface area contributed by atoms with Crippen molar-refractivity contribution < 1.29 is 14.4 Å². The molecule has 1 aromatic carbocycles. The summed E-state index contributed by atoms with van der Waals surface area (Å²) in [4.78, 5) is 39.9. The zero-order chi connectivity index (χ0) is 22.9. The van der Waals surface area contributed by atoms with Crippen LogP contribution in [-0.4, -0.2) is 48.3 Å². The molecule has 1 aliphatic rings. The van der Waals surface area contributed by atoms with Gasteiger partial charge in [-0.25, -0.2) is 0 Å². The highest BCUT2D eigenvalue weighted by Gasteiger charge is 2.27. The van der Waals surface area contributed by atoms with Crippen molar-refractivity contribution in [3.8, 4) is 0 Å². The number of carbonyl (C=O) groups is 3. The van der Waals surface area contributed by atoms with Crippen LogP contribution in [0, 0.1) is 5.92 Å². The van der Waals surface area contributed by atoms with E-state index in [2.05, 4.69) is 22.9 Å². The van der Waals surface area contributed by atoms with Gasteiger partial charge in [0.15, 0.2) is 0 Å². The largest absolute Gasteiger partial charge is 0.353 e. The van der Waals surface area contributed by atoms with Crippen LogP contribution in [-0.2, 0) is 9.59 Å². The summed E-state index contributed by atoms with van der Waals surface area (Å²) in [6, 6.07) is 10.9. The number of piperidine rings is 1. The number of thiophene rings is 1. The highest BCUT2D eigenvalue weighted by molar-refractivity contribution is 7.12. The number of hydrogen-bond donors (Lipinski definition) is 3. The van der Waals surface area contributed by atoms with Gasteiger partial charge < -0.3 is 16.0 Å². The number of hydrogen-bond acceptors (Lipinski definition) is 5. The van der Waals surface area contributed by atoms with Gasteiger partial charge >= 0.3 is 0 Å². The predicted octanol–water partition coefficient (Wildman–Crippen LogP) is 3.96. The number of rotatable bonds is 9. The summed E-state index contributed by atoms with van der Waals surface area (Å²) in [5, 5.41) is 10.7. The van der Waals surface area contributed by atoms with Gasteiger partial charge in [-0.3, -0.25) is 19.3 Å². The highest BCUT2D eigenvalue weighted by atomic mass is 32.1. The van der Waals surface area contributed by atoms with E-state index in [-0.39, 0.29) is 36.2 Å². The predicted molar refractivity (Wildman–Crippen MR) is 129 cm³/mol. The van der Waals surface area contributed by atoms with Crippen LogP contribution in [0.4, 0.5) is 11.4 Å². The topological polar surface area (TPSA) is 90.5 Å². The van der Waals surface area contributed by atoms with E-state index < -0.39 is 0 Å². The normalized spacial score (nSPS) is 17.4. The lowest BCUT2D eigenvalue weighted by Crippen LogP contribution is -2.47. The zero-order valence-electron chi connectivity index (χ0n) is 18.7. The second-order valence-electron chi connectivity index (χ2n) is 8.33. The molecule has 0 bridgehead atoms. The summed E-state index contributed by atoms with van der Waals surface area (Å²) in [6.07, 6.45) is 3.79. The number of amides is 3. The lowest BCUT2D eigenvalue weighted by Gasteiger charge is -2.32. The lowest BCUT2D eigenvalue weighted by atomic mass is 9.96. The molecular formula is C24H32N4O3S. The monoisotopic (exact) mass is 456 g/mol. The van der Waals surface area contributed by atoms with Crippen LogP contribution in [0.1, 0.15) is 49.2 Å². The van der Waals surface area contributed by atoms with Crippen LogP contribution in [0.25, 0.3) is 0 Å². The number of carbonyl (C=O) groups excluding carboxylic acids is 3. The Bertz CT molecular complexity index is 898. The molecule has 1 aliphatic heterocycles. The Hall–Kier alpha value is -2.71. The Morgan fingerprint density at radius 1 is 1.12 bits per heavy atom. The maximum Gasteiger partial charge on any atom is 0.265 e. The first kappa shape index (κ1) is 23.9. The fourth-order valence-electron chi connectivity index (χ4n) is 3.92. The third-order valence-corrected chi connectivity index (χ3v) is 6.39. The average Bonchev–Trinajstić information content (AvgIpc) is 3.30. The minimum Gasteiger partial charge on any atom is -0.353 e. The fraction of sp³-hybridized carbons (Fsp3) is 0.458. The third-order valence-electron chi connectivity index (χ3n) is 5.53. The van der Waals surface area contributed by atoms with E-state index in [4.69, 9.17) is 0 Å². The molecule has 3 amide bonds. The molecular weight excluding hydrogens is 424 g/mol. The Morgan fingerprint density at radius 3 is 2.50 bits per heavy atom. The molecule has 3 N–H and O–H groups in total. The van der Waals surface area contributed by atoms with E-state index in [0.29, 0.717) is 22.8 Å². The minimum atomic E-state index is -0.149. The Morgan fingerprint density at radius 2 is 1.84 bits per heavy atom. The van der Waals surface area contributed by atoms with Gasteiger partial charge in [-0.05, 0) is 68.4 Å². The van der Waals surface area contributed by atoms with E-state index in [1.54, 1.807) is 30.3 Å². The SMILES string of the molecule is CCCC(C)NC(=O)C1CCCN(CC(=O)Nc2ccc(NC(=O)c3cccs3)cc2)C1. The number of benzene rings is 1. The molecule has 2 heterocycles. The zero-order valence-corrected chi connectivity index (χ0v) is 19.5. The van der Waals surface area contributed by atoms with E-state index in [0.717, 1.165) is 32.2 Å². The Balaban J connectivity index is 1.45. The fourth-order valence-corrected chi connectivity index (χ4v) is 4.54. The second-order valence-corrected chi connectivity index (χ2v) is 9.28. The molecule has 1 fully saturated rings. The molecule has 2 atom stereocenters. The number of nitrogens with one attached hydrogen (secondary N) is 3. The van der Waals surface area contributed by atoms with Crippen molar-refractivity contribution in [1.82, 2.24) is 10.2 Å². The van der Waals surface area contributed by atoms with Crippen molar-refractivity contribution >= 4 is 40.4 Å². The molecule has 7 nitrogen and oxygen atoms in total.